The normalized spacial score (nSPS) is 15.3. The molecule has 36 heavy (non-hydrogen) atoms. The third kappa shape index (κ3) is 5.19. The molecule has 1 N–H and O–H groups in total. The fourth-order valence-corrected chi connectivity index (χ4v) is 4.32. The van der Waals surface area contributed by atoms with E-state index in [4.69, 9.17) is 14.6 Å². The topological polar surface area (TPSA) is 85.7 Å². The zero-order chi connectivity index (χ0) is 26.2. The molecule has 9 heteroatoms. The van der Waals surface area contributed by atoms with E-state index in [0.29, 0.717) is 46.9 Å². The Kier molecular flexibility index (Phi) is 6.75. The third-order valence-electron chi connectivity index (χ3n) is 5.94. The number of fused-ring (bicyclic) bond motifs is 1. The maximum absolute atomic E-state index is 14.4. The summed E-state index contributed by atoms with van der Waals surface area (Å²) < 4.78 is 27.0. The second-order valence-corrected chi connectivity index (χ2v) is 9.94. The standard InChI is InChI=1S/C27H31FN4O4/c1-16-14-19(15-17(2)23(16)28)32-24(29-25(33)35-20-10-8-7-9-11-20)22-18(3)31(13-12-21(22)30-32)26(34)36-27(4,5)6/h7-11,14-15,18H,12-13H2,1-6H3,(H,29,33)/t18-/m0/s1. The molecule has 0 bridgehead atoms. The molecule has 0 radical (unpaired) electrons. The Morgan fingerprint density at radius 3 is 2.36 bits per heavy atom. The number of rotatable bonds is 3. The lowest BCUT2D eigenvalue weighted by Gasteiger charge is -2.34. The van der Waals surface area contributed by atoms with Gasteiger partial charge in [0.2, 0.25) is 0 Å². The molecule has 1 atom stereocenters. The fraction of sp³-hybridized carbons (Fsp3) is 0.370. The summed E-state index contributed by atoms with van der Waals surface area (Å²) in [6, 6.07) is 11.6. The van der Waals surface area contributed by atoms with Gasteiger partial charge in [-0.3, -0.25) is 5.32 Å². The zero-order valence-corrected chi connectivity index (χ0v) is 21.4. The van der Waals surface area contributed by atoms with Crippen LogP contribution in [-0.2, 0) is 11.2 Å². The van der Waals surface area contributed by atoms with Gasteiger partial charge >= 0.3 is 12.2 Å². The number of aryl methyl sites for hydroxylation is 2. The van der Waals surface area contributed by atoms with E-state index in [1.165, 1.54) is 0 Å². The summed E-state index contributed by atoms with van der Waals surface area (Å²) in [7, 11) is 0. The first kappa shape index (κ1) is 25.2. The van der Waals surface area contributed by atoms with Crippen molar-refractivity contribution >= 4 is 18.0 Å². The molecule has 0 saturated heterocycles. The van der Waals surface area contributed by atoms with Crippen molar-refractivity contribution in [3.05, 3.63) is 70.7 Å². The van der Waals surface area contributed by atoms with Crippen LogP contribution in [0.2, 0.25) is 0 Å². The molecule has 0 fully saturated rings. The summed E-state index contributed by atoms with van der Waals surface area (Å²) in [5.41, 5.74) is 2.27. The highest BCUT2D eigenvalue weighted by molar-refractivity contribution is 5.87. The molecule has 0 aliphatic carbocycles. The van der Waals surface area contributed by atoms with Crippen molar-refractivity contribution in [2.75, 3.05) is 11.9 Å². The quantitative estimate of drug-likeness (QED) is 0.476. The monoisotopic (exact) mass is 494 g/mol. The summed E-state index contributed by atoms with van der Waals surface area (Å²) in [4.78, 5) is 27.5. The van der Waals surface area contributed by atoms with E-state index in [2.05, 4.69) is 5.32 Å². The van der Waals surface area contributed by atoms with E-state index in [0.717, 1.165) is 5.69 Å². The van der Waals surface area contributed by atoms with Crippen LogP contribution in [-0.4, -0.2) is 39.0 Å². The van der Waals surface area contributed by atoms with Crippen molar-refractivity contribution in [1.29, 1.82) is 0 Å². The first-order valence-electron chi connectivity index (χ1n) is 11.9. The van der Waals surface area contributed by atoms with Gasteiger partial charge in [0.1, 0.15) is 23.0 Å². The van der Waals surface area contributed by atoms with Gasteiger partial charge in [0, 0.05) is 18.5 Å². The Bertz CT molecular complexity index is 1270. The third-order valence-corrected chi connectivity index (χ3v) is 5.94. The number of benzene rings is 2. The number of nitrogens with zero attached hydrogens (tertiary/aromatic N) is 3. The summed E-state index contributed by atoms with van der Waals surface area (Å²) in [6.07, 6.45) is -0.685. The van der Waals surface area contributed by atoms with Gasteiger partial charge < -0.3 is 14.4 Å². The summed E-state index contributed by atoms with van der Waals surface area (Å²) in [5, 5.41) is 7.58. The molecule has 3 aromatic rings. The van der Waals surface area contributed by atoms with Gasteiger partial charge in [-0.1, -0.05) is 18.2 Å². The van der Waals surface area contributed by atoms with Crippen LogP contribution < -0.4 is 10.1 Å². The van der Waals surface area contributed by atoms with Crippen LogP contribution in [0.1, 0.15) is 56.1 Å². The van der Waals surface area contributed by atoms with E-state index in [9.17, 15) is 14.0 Å². The SMILES string of the molecule is Cc1cc(-n2nc3c(c2NC(=O)Oc2ccccc2)[C@H](C)N(C(=O)OC(C)(C)C)CC3)cc(C)c1F. The molecule has 0 spiro atoms. The predicted molar refractivity (Wildman–Crippen MR) is 134 cm³/mol. The van der Waals surface area contributed by atoms with Gasteiger partial charge in [0.15, 0.2) is 0 Å². The number of amides is 2. The Morgan fingerprint density at radius 1 is 1.11 bits per heavy atom. The first-order valence-corrected chi connectivity index (χ1v) is 11.9. The molecular formula is C27H31FN4O4. The maximum Gasteiger partial charge on any atom is 0.418 e. The van der Waals surface area contributed by atoms with Crippen molar-refractivity contribution in [1.82, 2.24) is 14.7 Å². The average molecular weight is 495 g/mol. The molecule has 2 amide bonds. The number of ether oxygens (including phenoxy) is 2. The second kappa shape index (κ2) is 9.64. The van der Waals surface area contributed by atoms with E-state index in [1.54, 1.807) is 59.8 Å². The number of halogens is 1. The molecule has 4 rings (SSSR count). The Morgan fingerprint density at radius 2 is 1.75 bits per heavy atom. The average Bonchev–Trinajstić information content (AvgIpc) is 3.15. The first-order chi connectivity index (χ1) is 16.9. The van der Waals surface area contributed by atoms with Gasteiger partial charge in [-0.2, -0.15) is 5.10 Å². The highest BCUT2D eigenvalue weighted by Crippen LogP contribution is 2.37. The lowest BCUT2D eigenvalue weighted by Crippen LogP contribution is -2.42. The fourth-order valence-electron chi connectivity index (χ4n) is 4.32. The van der Waals surface area contributed by atoms with Gasteiger partial charge in [-0.15, -0.1) is 0 Å². The number of hydrogen-bond donors (Lipinski definition) is 1. The lowest BCUT2D eigenvalue weighted by molar-refractivity contribution is 0.0160. The van der Waals surface area contributed by atoms with Gasteiger partial charge in [-0.05, 0) is 76.9 Å². The van der Waals surface area contributed by atoms with Gasteiger partial charge in [0.25, 0.3) is 0 Å². The minimum Gasteiger partial charge on any atom is -0.444 e. The van der Waals surface area contributed by atoms with Crippen LogP contribution in [0.25, 0.3) is 5.69 Å². The molecule has 2 heterocycles. The van der Waals surface area contributed by atoms with Crippen LogP contribution in [0, 0.1) is 19.7 Å². The molecule has 190 valence electrons. The van der Waals surface area contributed by atoms with Crippen molar-refractivity contribution in [3.63, 3.8) is 0 Å². The van der Waals surface area contributed by atoms with E-state index < -0.39 is 23.8 Å². The minimum absolute atomic E-state index is 0.293. The van der Waals surface area contributed by atoms with E-state index in [1.807, 2.05) is 33.8 Å². The Labute approximate surface area is 210 Å². The summed E-state index contributed by atoms with van der Waals surface area (Å²) >= 11 is 0. The molecule has 1 aromatic heterocycles. The number of nitrogens with one attached hydrogen (secondary N) is 1. The molecular weight excluding hydrogens is 463 g/mol. The van der Waals surface area contributed by atoms with Crippen LogP contribution in [0.15, 0.2) is 42.5 Å². The van der Waals surface area contributed by atoms with Crippen LogP contribution in [0.4, 0.5) is 19.8 Å². The summed E-state index contributed by atoms with van der Waals surface area (Å²) in [5.74, 6) is 0.446. The maximum atomic E-state index is 14.4. The molecule has 1 aliphatic rings. The zero-order valence-electron chi connectivity index (χ0n) is 21.4. The van der Waals surface area contributed by atoms with Gasteiger partial charge in [0.05, 0.1) is 17.4 Å². The van der Waals surface area contributed by atoms with E-state index >= 15 is 0 Å². The molecule has 1 aliphatic heterocycles. The summed E-state index contributed by atoms with van der Waals surface area (Å²) in [6.45, 7) is 11.1. The van der Waals surface area contributed by atoms with Crippen molar-refractivity contribution in [2.24, 2.45) is 0 Å². The Balaban J connectivity index is 1.76. The van der Waals surface area contributed by atoms with Gasteiger partial charge in [-0.25, -0.2) is 18.7 Å². The minimum atomic E-state index is -0.706. The largest absolute Gasteiger partial charge is 0.444 e. The molecule has 2 aromatic carbocycles. The van der Waals surface area contributed by atoms with Crippen molar-refractivity contribution < 1.29 is 23.5 Å². The highest BCUT2D eigenvalue weighted by Gasteiger charge is 2.36. The number of carbonyl (C=O) groups is 2. The van der Waals surface area contributed by atoms with E-state index in [-0.39, 0.29) is 5.82 Å². The van der Waals surface area contributed by atoms with Crippen LogP contribution >= 0.6 is 0 Å². The number of anilines is 1. The molecule has 0 unspecified atom stereocenters. The molecule has 8 nitrogen and oxygen atoms in total. The smallest absolute Gasteiger partial charge is 0.418 e. The number of aromatic nitrogens is 2. The number of carbonyl (C=O) groups excluding carboxylic acids is 2. The van der Waals surface area contributed by atoms with Crippen molar-refractivity contribution in [3.8, 4) is 11.4 Å². The van der Waals surface area contributed by atoms with Crippen LogP contribution in [0.5, 0.6) is 5.75 Å². The highest BCUT2D eigenvalue weighted by atomic mass is 19.1. The molecule has 0 saturated carbocycles. The lowest BCUT2D eigenvalue weighted by atomic mass is 10.00. The number of para-hydroxylation sites is 1. The predicted octanol–water partition coefficient (Wildman–Crippen LogP) is 6.09. The number of hydrogen-bond acceptors (Lipinski definition) is 5. The van der Waals surface area contributed by atoms with Crippen molar-refractivity contribution in [2.45, 2.75) is 59.6 Å². The second-order valence-electron chi connectivity index (χ2n) is 9.94. The Hall–Kier alpha value is -3.88. The van der Waals surface area contributed by atoms with Crippen LogP contribution in [0.3, 0.4) is 0 Å².